The fourth-order valence-corrected chi connectivity index (χ4v) is 2.33. The van der Waals surface area contributed by atoms with E-state index < -0.39 is 17.5 Å². The van der Waals surface area contributed by atoms with Crippen LogP contribution in [0.15, 0.2) is 48.5 Å². The summed E-state index contributed by atoms with van der Waals surface area (Å²) in [5, 5.41) is 2.78. The molecule has 28 heavy (non-hydrogen) atoms. The van der Waals surface area contributed by atoms with E-state index in [0.717, 1.165) is 0 Å². The first-order valence-corrected chi connectivity index (χ1v) is 8.96. The molecule has 0 aliphatic heterocycles. The molecule has 5 nitrogen and oxygen atoms in total. The molecule has 2 aromatic carbocycles. The third-order valence-corrected chi connectivity index (χ3v) is 4.05. The Balaban J connectivity index is 1.94. The van der Waals surface area contributed by atoms with Gasteiger partial charge < -0.3 is 10.1 Å². The fourth-order valence-electron chi connectivity index (χ4n) is 2.33. The molecule has 0 saturated heterocycles. The van der Waals surface area contributed by atoms with Gasteiger partial charge in [-0.1, -0.05) is 32.9 Å². The monoisotopic (exact) mass is 385 g/mol. The van der Waals surface area contributed by atoms with Crippen molar-refractivity contribution in [2.24, 2.45) is 5.41 Å². The molecule has 1 atom stereocenters. The van der Waals surface area contributed by atoms with Gasteiger partial charge in [-0.25, -0.2) is 4.39 Å². The molecular weight excluding hydrogens is 361 g/mol. The largest absolute Gasteiger partial charge is 0.454 e. The van der Waals surface area contributed by atoms with Crippen LogP contribution >= 0.6 is 0 Å². The van der Waals surface area contributed by atoms with Crippen molar-refractivity contribution in [1.29, 1.82) is 0 Å². The first kappa shape index (κ1) is 21.3. The van der Waals surface area contributed by atoms with Crippen LogP contribution in [0.2, 0.25) is 0 Å². The van der Waals surface area contributed by atoms with E-state index in [9.17, 15) is 18.8 Å². The van der Waals surface area contributed by atoms with E-state index in [-0.39, 0.29) is 23.9 Å². The zero-order valence-corrected chi connectivity index (χ0v) is 16.4. The maximum Gasteiger partial charge on any atom is 0.310 e. The summed E-state index contributed by atoms with van der Waals surface area (Å²) < 4.78 is 18.1. The van der Waals surface area contributed by atoms with Crippen molar-refractivity contribution in [3.05, 3.63) is 65.5 Å². The molecule has 0 saturated carbocycles. The lowest BCUT2D eigenvalue weighted by atomic mass is 9.95. The first-order chi connectivity index (χ1) is 13.1. The van der Waals surface area contributed by atoms with Gasteiger partial charge in [0, 0.05) is 16.7 Å². The summed E-state index contributed by atoms with van der Waals surface area (Å²) in [7, 11) is 0. The average Bonchev–Trinajstić information content (AvgIpc) is 2.62. The van der Waals surface area contributed by atoms with Gasteiger partial charge in [-0.3, -0.25) is 14.4 Å². The lowest BCUT2D eigenvalue weighted by Gasteiger charge is -2.18. The predicted octanol–water partition coefficient (Wildman–Crippen LogP) is 4.17. The molecule has 6 heteroatoms. The third-order valence-electron chi connectivity index (χ3n) is 4.05. The van der Waals surface area contributed by atoms with Crippen LogP contribution in [-0.4, -0.2) is 23.8 Å². The minimum Gasteiger partial charge on any atom is -0.454 e. The van der Waals surface area contributed by atoms with Gasteiger partial charge in [0.05, 0.1) is 6.42 Å². The second-order valence-electron chi connectivity index (χ2n) is 7.58. The van der Waals surface area contributed by atoms with Gasteiger partial charge in [0.25, 0.3) is 0 Å². The Bertz CT molecular complexity index is 852. The van der Waals surface area contributed by atoms with Crippen molar-refractivity contribution >= 4 is 23.3 Å². The van der Waals surface area contributed by atoms with Crippen LogP contribution < -0.4 is 5.32 Å². The Morgan fingerprint density at radius 2 is 1.57 bits per heavy atom. The fraction of sp³-hybridized carbons (Fsp3) is 0.318. The highest BCUT2D eigenvalue weighted by molar-refractivity contribution is 6.01. The summed E-state index contributed by atoms with van der Waals surface area (Å²) in [6.07, 6.45) is -1.00. The number of Topliss-reactive ketones (excluding diaryl/α,β-unsaturated/α-hetero) is 1. The van der Waals surface area contributed by atoms with Crippen LogP contribution in [0.3, 0.4) is 0 Å². The second-order valence-corrected chi connectivity index (χ2v) is 7.58. The van der Waals surface area contributed by atoms with Crippen LogP contribution in [0.1, 0.15) is 43.6 Å². The van der Waals surface area contributed by atoms with Crippen LogP contribution in [0.4, 0.5) is 10.1 Å². The summed E-state index contributed by atoms with van der Waals surface area (Å²) in [6.45, 7) is 6.92. The molecule has 0 heterocycles. The zero-order chi connectivity index (χ0) is 20.9. The van der Waals surface area contributed by atoms with Gasteiger partial charge in [-0.15, -0.1) is 0 Å². The van der Waals surface area contributed by atoms with Gasteiger partial charge in [0.2, 0.25) is 11.7 Å². The van der Waals surface area contributed by atoms with Gasteiger partial charge in [0.15, 0.2) is 6.10 Å². The average molecular weight is 385 g/mol. The number of amides is 1. The predicted molar refractivity (Wildman–Crippen MR) is 105 cm³/mol. The van der Waals surface area contributed by atoms with Crippen LogP contribution in [0.5, 0.6) is 0 Å². The molecule has 0 fully saturated rings. The van der Waals surface area contributed by atoms with Crippen molar-refractivity contribution in [2.75, 3.05) is 5.32 Å². The quantitative estimate of drug-likeness (QED) is 0.598. The van der Waals surface area contributed by atoms with Gasteiger partial charge in [-0.2, -0.15) is 0 Å². The van der Waals surface area contributed by atoms with Crippen molar-refractivity contribution in [3.8, 4) is 0 Å². The maximum atomic E-state index is 12.9. The molecule has 1 amide bonds. The Morgan fingerprint density at radius 3 is 2.11 bits per heavy atom. The van der Waals surface area contributed by atoms with Crippen molar-refractivity contribution in [2.45, 2.75) is 40.2 Å². The standard InChI is InChI=1S/C22H24FNO4/c1-14(28-19(25)13-15-5-9-17(23)10-6-15)20(26)16-7-11-18(12-8-16)24-21(27)22(2,3)4/h5-12,14H,13H2,1-4H3,(H,24,27). The molecule has 0 aromatic heterocycles. The summed E-state index contributed by atoms with van der Waals surface area (Å²) >= 11 is 0. The molecule has 0 aliphatic carbocycles. The summed E-state index contributed by atoms with van der Waals surface area (Å²) in [5.41, 5.74) is 1.03. The Morgan fingerprint density at radius 1 is 1.00 bits per heavy atom. The van der Waals surface area contributed by atoms with E-state index in [2.05, 4.69) is 5.32 Å². The number of ether oxygens (including phenoxy) is 1. The van der Waals surface area contributed by atoms with Gasteiger partial charge in [-0.05, 0) is 48.9 Å². The van der Waals surface area contributed by atoms with E-state index >= 15 is 0 Å². The molecule has 1 unspecified atom stereocenters. The number of carbonyl (C=O) groups is 3. The number of nitrogens with one attached hydrogen (secondary N) is 1. The minimum atomic E-state index is -0.956. The van der Waals surface area contributed by atoms with Crippen molar-refractivity contribution < 1.29 is 23.5 Å². The molecule has 2 rings (SSSR count). The Hall–Kier alpha value is -3.02. The highest BCUT2D eigenvalue weighted by Gasteiger charge is 2.22. The summed E-state index contributed by atoms with van der Waals surface area (Å²) in [4.78, 5) is 36.4. The zero-order valence-electron chi connectivity index (χ0n) is 16.4. The second kappa shape index (κ2) is 8.78. The van der Waals surface area contributed by atoms with E-state index in [0.29, 0.717) is 16.8 Å². The normalized spacial score (nSPS) is 12.2. The lowest BCUT2D eigenvalue weighted by Crippen LogP contribution is -2.27. The smallest absolute Gasteiger partial charge is 0.310 e. The summed E-state index contributed by atoms with van der Waals surface area (Å²) in [6, 6.07) is 11.9. The van der Waals surface area contributed by atoms with Crippen LogP contribution in [0.25, 0.3) is 0 Å². The number of rotatable bonds is 6. The van der Waals surface area contributed by atoms with Crippen LogP contribution in [0, 0.1) is 11.2 Å². The third kappa shape index (κ3) is 6.01. The van der Waals surface area contributed by atoms with E-state index in [1.165, 1.54) is 31.2 Å². The molecule has 1 N–H and O–H groups in total. The molecule has 2 aromatic rings. The van der Waals surface area contributed by atoms with Crippen LogP contribution in [-0.2, 0) is 20.7 Å². The Kier molecular flexibility index (Phi) is 6.67. The van der Waals surface area contributed by atoms with E-state index in [1.807, 2.05) is 20.8 Å². The maximum absolute atomic E-state index is 12.9. The number of hydrogen-bond acceptors (Lipinski definition) is 4. The highest BCUT2D eigenvalue weighted by atomic mass is 19.1. The molecule has 0 aliphatic rings. The molecule has 0 spiro atoms. The molecular formula is C22H24FNO4. The summed E-state index contributed by atoms with van der Waals surface area (Å²) in [5.74, 6) is -1.43. The molecule has 0 bridgehead atoms. The number of hydrogen-bond donors (Lipinski definition) is 1. The van der Waals surface area contributed by atoms with E-state index in [1.54, 1.807) is 24.3 Å². The number of esters is 1. The van der Waals surface area contributed by atoms with Crippen molar-refractivity contribution in [1.82, 2.24) is 0 Å². The van der Waals surface area contributed by atoms with Gasteiger partial charge >= 0.3 is 5.97 Å². The number of halogens is 1. The number of benzene rings is 2. The van der Waals surface area contributed by atoms with Crippen molar-refractivity contribution in [3.63, 3.8) is 0 Å². The minimum absolute atomic E-state index is 0.0460. The Labute approximate surface area is 163 Å². The number of anilines is 1. The number of carbonyl (C=O) groups excluding carboxylic acids is 3. The highest BCUT2D eigenvalue weighted by Crippen LogP contribution is 2.18. The number of ketones is 1. The topological polar surface area (TPSA) is 72.5 Å². The van der Waals surface area contributed by atoms with Gasteiger partial charge in [0.1, 0.15) is 5.82 Å². The first-order valence-electron chi connectivity index (χ1n) is 8.96. The lowest BCUT2D eigenvalue weighted by molar-refractivity contribution is -0.145. The van der Waals surface area contributed by atoms with E-state index in [4.69, 9.17) is 4.74 Å². The molecule has 148 valence electrons. The SMILES string of the molecule is CC(OC(=O)Cc1ccc(F)cc1)C(=O)c1ccc(NC(=O)C(C)(C)C)cc1. The molecule has 0 radical (unpaired) electrons.